The molecule has 17 heteroatoms. The average molecular weight is 891 g/mol. The minimum Gasteiger partial charge on any atom is -0.504 e. The van der Waals surface area contributed by atoms with Crippen molar-refractivity contribution in [2.75, 3.05) is 46.5 Å². The first-order valence-electron chi connectivity index (χ1n) is 21.4. The molecule has 2 fully saturated rings. The number of aromatic hydroxyl groups is 1. The minimum atomic E-state index is -1.50. The Morgan fingerprint density at radius 1 is 1.12 bits per heavy atom. The van der Waals surface area contributed by atoms with E-state index >= 15 is 4.79 Å². The number of rotatable bonds is 6. The third-order valence-corrected chi connectivity index (χ3v) is 15.4. The Hall–Kier alpha value is -5.93. The van der Waals surface area contributed by atoms with Crippen molar-refractivity contribution in [3.63, 3.8) is 0 Å². The molecular formula is C47H50N6O10S. The molecule has 0 saturated carbocycles. The van der Waals surface area contributed by atoms with Crippen LogP contribution in [-0.2, 0) is 37.4 Å². The van der Waals surface area contributed by atoms with Crippen molar-refractivity contribution < 1.29 is 47.9 Å². The zero-order valence-electron chi connectivity index (χ0n) is 36.5. The highest BCUT2D eigenvalue weighted by Crippen LogP contribution is 2.64. The van der Waals surface area contributed by atoms with Crippen molar-refractivity contribution in [2.45, 2.75) is 87.6 Å². The zero-order chi connectivity index (χ0) is 44.9. The number of esters is 2. The highest BCUT2D eigenvalue weighted by molar-refractivity contribution is 7.99. The number of hydrogen-bond donors (Lipinski definition) is 4. The average Bonchev–Trinajstić information content (AvgIpc) is 3.90. The van der Waals surface area contributed by atoms with E-state index in [1.807, 2.05) is 46.0 Å². The lowest BCUT2D eigenvalue weighted by atomic mass is 9.71. The van der Waals surface area contributed by atoms with Crippen LogP contribution in [0.2, 0.25) is 0 Å². The van der Waals surface area contributed by atoms with Gasteiger partial charge in [0.05, 0.1) is 36.2 Å². The van der Waals surface area contributed by atoms with Crippen molar-refractivity contribution in [1.82, 2.24) is 25.4 Å². The molecule has 1 spiro atoms. The maximum atomic E-state index is 15.4. The van der Waals surface area contributed by atoms with Gasteiger partial charge in [-0.1, -0.05) is 30.4 Å². The fourth-order valence-electron chi connectivity index (χ4n) is 11.4. The second-order valence-corrected chi connectivity index (χ2v) is 18.7. The number of fused-ring (bicyclic) bond motifs is 11. The number of methoxy groups -OCH3 is 1. The maximum absolute atomic E-state index is 15.4. The Morgan fingerprint density at radius 3 is 2.67 bits per heavy atom. The molecule has 4 aromatic rings. The Bertz CT molecular complexity index is 2710. The molecule has 1 amide bonds. The van der Waals surface area contributed by atoms with Crippen LogP contribution in [0.4, 0.5) is 4.79 Å². The van der Waals surface area contributed by atoms with Crippen molar-refractivity contribution in [3.05, 3.63) is 87.1 Å². The number of nitrogens with one attached hydrogen (secondary N) is 3. The zero-order valence-corrected chi connectivity index (χ0v) is 37.3. The number of alkyl carbamates (subject to hydrolysis) is 1. The lowest BCUT2D eigenvalue weighted by molar-refractivity contribution is -0.158. The van der Waals surface area contributed by atoms with E-state index in [9.17, 15) is 20.0 Å². The molecule has 2 saturated heterocycles. The first kappa shape index (κ1) is 42.0. The molecule has 8 heterocycles. The van der Waals surface area contributed by atoms with E-state index in [0.717, 1.165) is 33.2 Å². The van der Waals surface area contributed by atoms with Gasteiger partial charge in [-0.3, -0.25) is 19.9 Å². The maximum Gasteiger partial charge on any atom is 0.407 e. The van der Waals surface area contributed by atoms with E-state index < -0.39 is 59.0 Å². The molecule has 8 atom stereocenters. The number of aromatic amines is 1. The quantitative estimate of drug-likeness (QED) is 0.110. The summed E-state index contributed by atoms with van der Waals surface area (Å²) in [7, 11) is 3.52. The van der Waals surface area contributed by atoms with Crippen molar-refractivity contribution in [1.29, 1.82) is 5.26 Å². The number of thioether (sulfide) groups is 1. The Labute approximate surface area is 374 Å². The van der Waals surface area contributed by atoms with E-state index in [-0.39, 0.29) is 44.1 Å². The second-order valence-electron chi connectivity index (χ2n) is 17.6. The van der Waals surface area contributed by atoms with Crippen molar-refractivity contribution in [2.24, 2.45) is 0 Å². The predicted octanol–water partition coefficient (Wildman–Crippen LogP) is 5.34. The van der Waals surface area contributed by atoms with E-state index in [1.54, 1.807) is 0 Å². The van der Waals surface area contributed by atoms with Crippen LogP contribution in [0.25, 0.3) is 10.9 Å². The van der Waals surface area contributed by atoms with Gasteiger partial charge in [0.15, 0.2) is 28.5 Å². The molecule has 0 radical (unpaired) electrons. The number of carbonyl (C=O) groups excluding carboxylic acids is 3. The summed E-state index contributed by atoms with van der Waals surface area (Å²) in [6.45, 7) is 10.6. The summed E-state index contributed by atoms with van der Waals surface area (Å²) < 4.78 is 36.3. The number of carbonyl (C=O) groups is 3. The summed E-state index contributed by atoms with van der Waals surface area (Å²) in [5, 5.41) is 30.4. The van der Waals surface area contributed by atoms with Gasteiger partial charge in [-0.25, -0.2) is 9.59 Å². The van der Waals surface area contributed by atoms with Crippen LogP contribution in [0.1, 0.15) is 74.5 Å². The standard InChI is InChI=1S/C47H50N6O10S/c1-8-11-59-46(57)49-17-26-15-28-27-12-21(2)9-10-29(27)50-44(28)47(51-26)19-64-43-35-34(42-41(61-20-62-42)23(4)40(35)63-24(5)54)32(18-60-45(47)56)53-31(16-48)30-14-25-13-22(3)39(58-7)38(55)33(25)36(37(43)53)52(30)6/h8-10,12-13,26,30-32,36-37,43,50-51,55H,1,11,14-15,17-20H2,2-7H3,(H,49,57)/t26-,30+,31+,32+,36-,37-,43-,47-/m1/s1. The largest absolute Gasteiger partial charge is 0.504 e. The molecule has 334 valence electrons. The number of phenolic OH excluding ortho intramolecular Hbond substituents is 1. The highest BCUT2D eigenvalue weighted by atomic mass is 32.2. The van der Waals surface area contributed by atoms with Gasteiger partial charge < -0.3 is 43.8 Å². The van der Waals surface area contributed by atoms with Crippen LogP contribution in [0.5, 0.6) is 28.7 Å². The SMILES string of the molecule is C=CCOC(=O)NC[C@H]1Cc2c([nH]c3ccc(C)cc23)[C@@]2(CS[C@@H]3c4c(OC(C)=O)c(C)c5c(c4[C@H](COC2=O)N2[C@@H]3[C@H]3c4c(cc(C)c(OC)c4O)C[C@@H]([C@@H]2C#N)N3C)OCO5)N1. The molecule has 4 N–H and O–H groups in total. The molecule has 16 nitrogen and oxygen atoms in total. The molecule has 64 heavy (non-hydrogen) atoms. The van der Waals surface area contributed by atoms with E-state index in [1.165, 1.54) is 31.9 Å². The molecule has 7 aliphatic heterocycles. The topological polar surface area (TPSA) is 197 Å². The van der Waals surface area contributed by atoms with E-state index in [0.29, 0.717) is 63.8 Å². The summed E-state index contributed by atoms with van der Waals surface area (Å²) in [5.41, 5.74) is 6.22. The highest BCUT2D eigenvalue weighted by Gasteiger charge is 2.62. The van der Waals surface area contributed by atoms with Crippen LogP contribution in [-0.4, -0.2) is 109 Å². The smallest absolute Gasteiger partial charge is 0.407 e. The monoisotopic (exact) mass is 890 g/mol. The van der Waals surface area contributed by atoms with E-state index in [4.69, 9.17) is 28.4 Å². The number of amides is 1. The molecule has 3 aromatic carbocycles. The minimum absolute atomic E-state index is 0.0280. The first-order chi connectivity index (χ1) is 30.8. The Balaban J connectivity index is 1.21. The Kier molecular flexibility index (Phi) is 10.3. The fourth-order valence-corrected chi connectivity index (χ4v) is 13.1. The van der Waals surface area contributed by atoms with Gasteiger partial charge in [0.2, 0.25) is 6.79 Å². The van der Waals surface area contributed by atoms with E-state index in [2.05, 4.69) is 44.1 Å². The van der Waals surface area contributed by atoms with Crippen LogP contribution >= 0.6 is 11.8 Å². The van der Waals surface area contributed by atoms with Gasteiger partial charge in [0.25, 0.3) is 0 Å². The van der Waals surface area contributed by atoms with Crippen LogP contribution in [0, 0.1) is 32.1 Å². The number of nitriles is 1. The van der Waals surface area contributed by atoms with Gasteiger partial charge in [-0.15, -0.1) is 11.8 Å². The second kappa shape index (κ2) is 15.7. The molecular weight excluding hydrogens is 841 g/mol. The van der Waals surface area contributed by atoms with Gasteiger partial charge in [-0.2, -0.15) is 5.26 Å². The molecule has 0 aliphatic carbocycles. The third kappa shape index (κ3) is 6.17. The summed E-state index contributed by atoms with van der Waals surface area (Å²) in [6, 6.07) is 7.42. The summed E-state index contributed by atoms with van der Waals surface area (Å²) in [6.07, 6.45) is 1.81. The number of H-pyrrole nitrogens is 1. The predicted molar refractivity (Wildman–Crippen MR) is 235 cm³/mol. The number of ether oxygens (including phenoxy) is 6. The number of aryl methyl sites for hydroxylation is 2. The fraction of sp³-hybridized carbons (Fsp3) is 0.447. The summed E-state index contributed by atoms with van der Waals surface area (Å²) in [5.74, 6) is 0.584. The molecule has 7 aliphatic rings. The number of nitrogens with zero attached hydrogens (tertiary/aromatic N) is 3. The van der Waals surface area contributed by atoms with Gasteiger partial charge in [0, 0.05) is 70.5 Å². The molecule has 0 unspecified atom stereocenters. The number of aromatic nitrogens is 1. The molecule has 1 aromatic heterocycles. The van der Waals surface area contributed by atoms with Gasteiger partial charge in [0.1, 0.15) is 25.0 Å². The molecule has 4 bridgehead atoms. The third-order valence-electron chi connectivity index (χ3n) is 14.0. The van der Waals surface area contributed by atoms with Crippen LogP contribution in [0.15, 0.2) is 36.9 Å². The summed E-state index contributed by atoms with van der Waals surface area (Å²) in [4.78, 5) is 49.3. The van der Waals surface area contributed by atoms with Gasteiger partial charge in [-0.05, 0) is 69.5 Å². The number of benzene rings is 3. The first-order valence-corrected chi connectivity index (χ1v) is 22.5. The number of phenols is 1. The normalized spacial score (nSPS) is 27.6. The van der Waals surface area contributed by atoms with Gasteiger partial charge >= 0.3 is 18.0 Å². The number of likely N-dealkylation sites (N-methyl/N-ethyl adjacent to an activating group) is 1. The lowest BCUT2D eigenvalue weighted by Crippen LogP contribution is -2.69. The van der Waals surface area contributed by atoms with Crippen LogP contribution in [0.3, 0.4) is 0 Å². The number of hydrogen-bond acceptors (Lipinski definition) is 15. The Morgan fingerprint density at radius 2 is 1.92 bits per heavy atom. The van der Waals surface area contributed by atoms with Crippen molar-refractivity contribution in [3.8, 4) is 34.8 Å². The lowest BCUT2D eigenvalue weighted by Gasteiger charge is -2.62. The molecule has 11 rings (SSSR count). The van der Waals surface area contributed by atoms with Crippen molar-refractivity contribution >= 4 is 40.7 Å². The summed E-state index contributed by atoms with van der Waals surface area (Å²) >= 11 is 1.47. The van der Waals surface area contributed by atoms with Crippen LogP contribution < -0.4 is 29.6 Å². The number of piperazine rings is 1.